The predicted octanol–water partition coefficient (Wildman–Crippen LogP) is 6.40. The predicted molar refractivity (Wildman–Crippen MR) is 116 cm³/mol. The minimum atomic E-state index is 0.973. The van der Waals surface area contributed by atoms with E-state index in [1.54, 1.807) is 22.7 Å². The van der Waals surface area contributed by atoms with Gasteiger partial charge in [0.05, 0.1) is 38.0 Å². The molecule has 5 nitrogen and oxygen atoms in total. The van der Waals surface area contributed by atoms with E-state index in [1.807, 2.05) is 0 Å². The molecule has 0 aliphatic carbocycles. The monoisotopic (exact) mass is 393 g/mol. The van der Waals surface area contributed by atoms with Crippen LogP contribution in [-0.4, -0.2) is 25.0 Å². The first kappa shape index (κ1) is 15.7. The van der Waals surface area contributed by atoms with Gasteiger partial charge in [-0.15, -0.1) is 22.7 Å². The highest BCUT2D eigenvalue weighted by Gasteiger charge is 2.21. The minimum absolute atomic E-state index is 0.973. The van der Waals surface area contributed by atoms with E-state index in [0.717, 1.165) is 39.6 Å². The Balaban J connectivity index is 1.68. The van der Waals surface area contributed by atoms with Crippen molar-refractivity contribution in [1.82, 2.24) is 25.0 Å². The van der Waals surface area contributed by atoms with Gasteiger partial charge in [0, 0.05) is 10.8 Å². The molecule has 0 radical (unpaired) electrons. The van der Waals surface area contributed by atoms with Crippen molar-refractivity contribution in [3.63, 3.8) is 0 Å². The summed E-state index contributed by atoms with van der Waals surface area (Å²) in [6.45, 7) is 3.22. The van der Waals surface area contributed by atoms with Gasteiger partial charge in [-0.3, -0.25) is 10.2 Å². The molecule has 0 saturated heterocycles. The Morgan fingerprint density at radius 2 is 1.44 bits per heavy atom. The number of thiophene rings is 2. The molecule has 0 fully saturated rings. The summed E-state index contributed by atoms with van der Waals surface area (Å²) in [4.78, 5) is 12.0. The Bertz CT molecular complexity index is 1320. The number of fused-ring (bicyclic) bond motifs is 10. The topological polar surface area (TPSA) is 62.3 Å². The van der Waals surface area contributed by atoms with Crippen molar-refractivity contribution in [2.24, 2.45) is 0 Å². The van der Waals surface area contributed by atoms with Crippen LogP contribution in [0.15, 0.2) is 22.9 Å². The van der Waals surface area contributed by atoms with E-state index in [0.29, 0.717) is 0 Å². The molecular weight excluding hydrogens is 374 g/mol. The number of aromatic amines is 2. The molecule has 0 bridgehead atoms. The fourth-order valence-corrected chi connectivity index (χ4v) is 5.88. The maximum absolute atomic E-state index is 4.93. The molecule has 0 atom stereocenters. The van der Waals surface area contributed by atoms with E-state index in [9.17, 15) is 0 Å². The summed E-state index contributed by atoms with van der Waals surface area (Å²) in [5.74, 6) is 0. The number of aryl methyl sites for hydroxylation is 1. The molecule has 0 saturated carbocycles. The number of H-pyrrole nitrogens is 2. The first-order valence-electron chi connectivity index (χ1n) is 9.49. The maximum atomic E-state index is 4.93. The van der Waals surface area contributed by atoms with Gasteiger partial charge in [0.1, 0.15) is 11.0 Å². The summed E-state index contributed by atoms with van der Waals surface area (Å²) in [5, 5.41) is 13.9. The molecule has 5 heterocycles. The fraction of sp³-hybridized carbons (Fsp3) is 0.300. The van der Waals surface area contributed by atoms with Crippen molar-refractivity contribution in [2.75, 3.05) is 0 Å². The molecule has 2 N–H and O–H groups in total. The molecule has 5 aromatic heterocycles. The van der Waals surface area contributed by atoms with Crippen LogP contribution in [0.2, 0.25) is 0 Å². The molecule has 7 heteroatoms. The third-order valence-electron chi connectivity index (χ3n) is 5.38. The summed E-state index contributed by atoms with van der Waals surface area (Å²) < 4.78 is 2.49. The van der Waals surface area contributed by atoms with Crippen LogP contribution in [0.4, 0.5) is 0 Å². The summed E-state index contributed by atoms with van der Waals surface area (Å²) in [5.41, 5.74) is 6.49. The van der Waals surface area contributed by atoms with Crippen molar-refractivity contribution in [2.45, 2.75) is 39.2 Å². The van der Waals surface area contributed by atoms with Crippen LogP contribution >= 0.6 is 22.7 Å². The second kappa shape index (κ2) is 5.81. The lowest BCUT2D eigenvalue weighted by atomic mass is 10.1. The second-order valence-corrected chi connectivity index (χ2v) is 8.96. The molecule has 27 heavy (non-hydrogen) atoms. The Hall–Kier alpha value is -2.38. The Labute approximate surface area is 163 Å². The molecule has 0 spiro atoms. The smallest absolute Gasteiger partial charge is 0.101 e. The number of aromatic nitrogens is 5. The van der Waals surface area contributed by atoms with Crippen molar-refractivity contribution in [3.05, 3.63) is 22.9 Å². The molecule has 0 aliphatic heterocycles. The van der Waals surface area contributed by atoms with E-state index < -0.39 is 0 Å². The van der Waals surface area contributed by atoms with Crippen LogP contribution in [0, 0.1) is 0 Å². The van der Waals surface area contributed by atoms with Gasteiger partial charge in [0.25, 0.3) is 0 Å². The van der Waals surface area contributed by atoms with Crippen LogP contribution in [0.25, 0.3) is 53.3 Å². The molecule has 0 unspecified atom stereocenters. The average Bonchev–Trinajstić information content (AvgIpc) is 3.41. The standard InChI is InChI=1S/C20H19N5S2/c1-2-3-4-5-8-25-23-17-13-15(21-11-6-9-26-19(11)13)16-14(18(17)24-25)20-12(22-16)7-10-27-20/h6-7,9-10,23-24H,2-5,8H2,1H3. The largest absolute Gasteiger partial charge is 0.281 e. The number of benzene rings is 1. The van der Waals surface area contributed by atoms with Gasteiger partial charge < -0.3 is 0 Å². The van der Waals surface area contributed by atoms with Crippen molar-refractivity contribution in [1.29, 1.82) is 0 Å². The van der Waals surface area contributed by atoms with E-state index in [4.69, 9.17) is 9.97 Å². The molecule has 136 valence electrons. The zero-order chi connectivity index (χ0) is 18.0. The third kappa shape index (κ3) is 2.15. The first-order valence-corrected chi connectivity index (χ1v) is 11.2. The van der Waals surface area contributed by atoms with E-state index in [2.05, 4.69) is 44.8 Å². The highest BCUT2D eigenvalue weighted by atomic mass is 32.1. The van der Waals surface area contributed by atoms with E-state index in [1.165, 1.54) is 45.9 Å². The zero-order valence-electron chi connectivity index (χ0n) is 15.0. The Morgan fingerprint density at radius 1 is 0.852 bits per heavy atom. The lowest BCUT2D eigenvalue weighted by Gasteiger charge is -2.01. The van der Waals surface area contributed by atoms with Crippen LogP contribution in [-0.2, 0) is 6.54 Å². The third-order valence-corrected chi connectivity index (χ3v) is 7.23. The number of rotatable bonds is 5. The van der Waals surface area contributed by atoms with Gasteiger partial charge in [0.2, 0.25) is 0 Å². The molecular formula is C20H19N5S2. The van der Waals surface area contributed by atoms with Crippen molar-refractivity contribution in [3.8, 4) is 0 Å². The summed E-state index contributed by atoms with van der Waals surface area (Å²) in [6, 6.07) is 4.21. The maximum Gasteiger partial charge on any atom is 0.101 e. The summed E-state index contributed by atoms with van der Waals surface area (Å²) >= 11 is 3.52. The summed E-state index contributed by atoms with van der Waals surface area (Å²) in [7, 11) is 0. The molecule has 6 aromatic rings. The summed E-state index contributed by atoms with van der Waals surface area (Å²) in [6.07, 6.45) is 4.99. The number of hydrogen-bond acceptors (Lipinski definition) is 4. The average molecular weight is 394 g/mol. The number of nitrogens with one attached hydrogen (secondary N) is 2. The first-order chi connectivity index (χ1) is 13.3. The van der Waals surface area contributed by atoms with E-state index >= 15 is 0 Å². The second-order valence-electron chi connectivity index (χ2n) is 7.13. The fourth-order valence-electron chi connectivity index (χ4n) is 4.11. The molecule has 6 rings (SSSR count). The SMILES string of the molecule is CCCCCCn1[nH]c2c([nH]1)c1c(nc3ccsc31)c1nc3ccsc3c12. The van der Waals surface area contributed by atoms with Crippen LogP contribution in [0.3, 0.4) is 0 Å². The van der Waals surface area contributed by atoms with Gasteiger partial charge >= 0.3 is 0 Å². The highest BCUT2D eigenvalue weighted by Crippen LogP contribution is 2.42. The van der Waals surface area contributed by atoms with Crippen LogP contribution in [0.1, 0.15) is 32.6 Å². The normalized spacial score (nSPS) is 12.6. The highest BCUT2D eigenvalue weighted by molar-refractivity contribution is 7.19. The molecule has 0 aliphatic rings. The number of hydrogen-bond donors (Lipinski definition) is 2. The van der Waals surface area contributed by atoms with Gasteiger partial charge in [-0.05, 0) is 29.3 Å². The van der Waals surface area contributed by atoms with Crippen LogP contribution < -0.4 is 0 Å². The lowest BCUT2D eigenvalue weighted by molar-refractivity contribution is 0.495. The minimum Gasteiger partial charge on any atom is -0.281 e. The van der Waals surface area contributed by atoms with Crippen molar-refractivity contribution >= 4 is 75.9 Å². The zero-order valence-corrected chi connectivity index (χ0v) is 16.6. The van der Waals surface area contributed by atoms with E-state index in [-0.39, 0.29) is 0 Å². The number of nitrogens with zero attached hydrogens (tertiary/aromatic N) is 3. The van der Waals surface area contributed by atoms with Gasteiger partial charge in [0.15, 0.2) is 0 Å². The van der Waals surface area contributed by atoms with Crippen molar-refractivity contribution < 1.29 is 0 Å². The van der Waals surface area contributed by atoms with Crippen LogP contribution in [0.5, 0.6) is 0 Å². The quantitative estimate of drug-likeness (QED) is 0.333. The van der Waals surface area contributed by atoms with Gasteiger partial charge in [-0.25, -0.2) is 14.8 Å². The Kier molecular flexibility index (Phi) is 3.37. The number of unbranched alkanes of at least 4 members (excludes halogenated alkanes) is 3. The van der Waals surface area contributed by atoms with Gasteiger partial charge in [-0.2, -0.15) is 0 Å². The Morgan fingerprint density at radius 3 is 2.00 bits per heavy atom. The molecule has 0 amide bonds. The lowest BCUT2D eigenvalue weighted by Crippen LogP contribution is -2.01. The van der Waals surface area contributed by atoms with Gasteiger partial charge in [-0.1, -0.05) is 26.2 Å². The molecule has 1 aromatic carbocycles.